The van der Waals surface area contributed by atoms with Gasteiger partial charge in [-0.2, -0.15) is 0 Å². The maximum atomic E-state index is 12.6. The Morgan fingerprint density at radius 2 is 1.60 bits per heavy atom. The summed E-state index contributed by atoms with van der Waals surface area (Å²) in [4.78, 5) is 29.3. The van der Waals surface area contributed by atoms with Gasteiger partial charge in [0.15, 0.2) is 0 Å². The standard InChI is InChI=1S/C20H15BrN4O4S/c21-13-4-7-16(8-5-13)30(28,29)25-15-3-1-2-12(10-15)19(26)22-14-6-9-17-18(11-14)24-20(27)23-17/h1-11,25H,(H,22,26)(H2,23,24,27). The molecule has 4 aromatic rings. The summed E-state index contributed by atoms with van der Waals surface area (Å²) in [5.41, 5.74) is 1.88. The van der Waals surface area contributed by atoms with Crippen molar-refractivity contribution in [2.45, 2.75) is 4.90 Å². The molecule has 1 amide bonds. The van der Waals surface area contributed by atoms with E-state index >= 15 is 0 Å². The number of carbonyl (C=O) groups excluding carboxylic acids is 1. The van der Waals surface area contributed by atoms with Gasteiger partial charge in [0.1, 0.15) is 0 Å². The van der Waals surface area contributed by atoms with Crippen molar-refractivity contribution in [1.29, 1.82) is 0 Å². The molecule has 8 nitrogen and oxygen atoms in total. The Morgan fingerprint density at radius 3 is 2.37 bits per heavy atom. The van der Waals surface area contributed by atoms with Crippen molar-refractivity contribution in [3.63, 3.8) is 0 Å². The molecule has 0 aliphatic rings. The Bertz CT molecular complexity index is 1410. The SMILES string of the molecule is O=C(Nc1ccc2[nH]c(=O)[nH]c2c1)c1cccc(NS(=O)(=O)c2ccc(Br)cc2)c1. The fourth-order valence-corrected chi connectivity index (χ4v) is 4.18. The number of rotatable bonds is 5. The molecule has 4 rings (SSSR count). The number of aromatic amines is 2. The number of sulfonamides is 1. The first-order chi connectivity index (χ1) is 14.3. The number of hydrogen-bond donors (Lipinski definition) is 4. The van der Waals surface area contributed by atoms with Crippen molar-refractivity contribution in [3.8, 4) is 0 Å². The van der Waals surface area contributed by atoms with E-state index in [1.165, 1.54) is 18.2 Å². The number of H-pyrrole nitrogens is 2. The highest BCUT2D eigenvalue weighted by Gasteiger charge is 2.15. The summed E-state index contributed by atoms with van der Waals surface area (Å²) in [6.45, 7) is 0. The third-order valence-corrected chi connectivity index (χ3v) is 6.20. The maximum Gasteiger partial charge on any atom is 0.323 e. The lowest BCUT2D eigenvalue weighted by atomic mass is 10.2. The lowest BCUT2D eigenvalue weighted by molar-refractivity contribution is 0.102. The first kappa shape index (κ1) is 19.9. The van der Waals surface area contributed by atoms with Crippen LogP contribution >= 0.6 is 15.9 Å². The summed E-state index contributed by atoms with van der Waals surface area (Å²) < 4.78 is 28.3. The Morgan fingerprint density at radius 1 is 0.867 bits per heavy atom. The fourth-order valence-electron chi connectivity index (χ4n) is 2.87. The molecule has 1 heterocycles. The molecule has 0 aliphatic heterocycles. The highest BCUT2D eigenvalue weighted by molar-refractivity contribution is 9.10. The number of halogens is 1. The zero-order valence-electron chi connectivity index (χ0n) is 15.3. The topological polar surface area (TPSA) is 124 Å². The molecule has 4 N–H and O–H groups in total. The Labute approximate surface area is 179 Å². The van der Waals surface area contributed by atoms with Crippen LogP contribution in [0.2, 0.25) is 0 Å². The Hall–Kier alpha value is -3.37. The summed E-state index contributed by atoms with van der Waals surface area (Å²) in [7, 11) is -3.79. The van der Waals surface area contributed by atoms with Crippen LogP contribution < -0.4 is 15.7 Å². The largest absolute Gasteiger partial charge is 0.323 e. The van der Waals surface area contributed by atoms with E-state index in [1.807, 2.05) is 0 Å². The molecule has 152 valence electrons. The van der Waals surface area contributed by atoms with Crippen molar-refractivity contribution in [2.24, 2.45) is 0 Å². The number of carbonyl (C=O) groups is 1. The predicted octanol–water partition coefficient (Wildman–Crippen LogP) is 3.67. The molecule has 3 aromatic carbocycles. The minimum atomic E-state index is -3.79. The summed E-state index contributed by atoms with van der Waals surface area (Å²) in [5, 5.41) is 2.73. The molecule has 0 unspecified atom stereocenters. The van der Waals surface area contributed by atoms with Crippen molar-refractivity contribution in [3.05, 3.63) is 87.3 Å². The molecular weight excluding hydrogens is 472 g/mol. The van der Waals surface area contributed by atoms with Gasteiger partial charge in [0.05, 0.1) is 15.9 Å². The molecule has 0 atom stereocenters. The summed E-state index contributed by atoms with van der Waals surface area (Å²) in [6, 6.07) is 17.3. The summed E-state index contributed by atoms with van der Waals surface area (Å²) in [6.07, 6.45) is 0. The van der Waals surface area contributed by atoms with E-state index in [0.717, 1.165) is 4.47 Å². The van der Waals surface area contributed by atoms with Crippen LogP contribution in [0.5, 0.6) is 0 Å². The lowest BCUT2D eigenvalue weighted by Gasteiger charge is -2.10. The molecule has 0 aliphatic carbocycles. The zero-order valence-corrected chi connectivity index (χ0v) is 17.7. The van der Waals surface area contributed by atoms with Crippen molar-refractivity contribution in [1.82, 2.24) is 9.97 Å². The molecule has 0 fully saturated rings. The second kappa shape index (κ2) is 7.81. The van der Waals surface area contributed by atoms with Crippen LogP contribution in [0.15, 0.2) is 80.9 Å². The average Bonchev–Trinajstić information content (AvgIpc) is 3.07. The summed E-state index contributed by atoms with van der Waals surface area (Å²) >= 11 is 3.27. The van der Waals surface area contributed by atoms with Gasteiger partial charge < -0.3 is 15.3 Å². The number of imidazole rings is 1. The number of anilines is 2. The van der Waals surface area contributed by atoms with Crippen LogP contribution in [0, 0.1) is 0 Å². The molecule has 0 radical (unpaired) electrons. The molecule has 0 spiro atoms. The quantitative estimate of drug-likeness (QED) is 0.343. The van der Waals surface area contributed by atoms with Crippen molar-refractivity contribution in [2.75, 3.05) is 10.0 Å². The van der Waals surface area contributed by atoms with Crippen molar-refractivity contribution < 1.29 is 13.2 Å². The number of benzene rings is 3. The monoisotopic (exact) mass is 486 g/mol. The fraction of sp³-hybridized carbons (Fsp3) is 0. The Balaban J connectivity index is 1.53. The predicted molar refractivity (Wildman–Crippen MR) is 118 cm³/mol. The van der Waals surface area contributed by atoms with Gasteiger partial charge in [-0.3, -0.25) is 9.52 Å². The first-order valence-corrected chi connectivity index (χ1v) is 11.0. The van der Waals surface area contributed by atoms with E-state index in [4.69, 9.17) is 0 Å². The van der Waals surface area contributed by atoms with Gasteiger partial charge in [-0.05, 0) is 60.7 Å². The highest BCUT2D eigenvalue weighted by atomic mass is 79.9. The van der Waals surface area contributed by atoms with Gasteiger partial charge in [-0.1, -0.05) is 22.0 Å². The normalized spacial score (nSPS) is 11.4. The van der Waals surface area contributed by atoms with Gasteiger partial charge >= 0.3 is 5.69 Å². The van der Waals surface area contributed by atoms with E-state index in [-0.39, 0.29) is 21.8 Å². The molecular formula is C20H15BrN4O4S. The first-order valence-electron chi connectivity index (χ1n) is 8.72. The van der Waals surface area contributed by atoms with Gasteiger partial charge in [0.2, 0.25) is 0 Å². The van der Waals surface area contributed by atoms with Crippen LogP contribution in [-0.4, -0.2) is 24.3 Å². The van der Waals surface area contributed by atoms with E-state index < -0.39 is 15.9 Å². The summed E-state index contributed by atoms with van der Waals surface area (Å²) in [5.74, 6) is -0.420. The molecule has 0 bridgehead atoms. The van der Waals surface area contributed by atoms with Crippen molar-refractivity contribution >= 4 is 54.3 Å². The lowest BCUT2D eigenvalue weighted by Crippen LogP contribution is -2.15. The minimum absolute atomic E-state index is 0.106. The van der Waals surface area contributed by atoms with E-state index in [1.54, 1.807) is 48.5 Å². The van der Waals surface area contributed by atoms with Crippen LogP contribution in [0.1, 0.15) is 10.4 Å². The zero-order chi connectivity index (χ0) is 21.3. The third kappa shape index (κ3) is 4.29. The number of amides is 1. The van der Waals surface area contributed by atoms with Gasteiger partial charge in [-0.15, -0.1) is 0 Å². The molecule has 30 heavy (non-hydrogen) atoms. The smallest absolute Gasteiger partial charge is 0.322 e. The maximum absolute atomic E-state index is 12.6. The van der Waals surface area contributed by atoms with E-state index in [0.29, 0.717) is 16.7 Å². The number of fused-ring (bicyclic) bond motifs is 1. The average molecular weight is 487 g/mol. The van der Waals surface area contributed by atoms with E-state index in [9.17, 15) is 18.0 Å². The number of nitrogens with one attached hydrogen (secondary N) is 4. The Kier molecular flexibility index (Phi) is 5.18. The van der Waals surface area contributed by atoms with Gasteiger partial charge in [0, 0.05) is 21.4 Å². The third-order valence-electron chi connectivity index (χ3n) is 4.27. The van der Waals surface area contributed by atoms with Crippen LogP contribution in [0.25, 0.3) is 11.0 Å². The number of hydrogen-bond acceptors (Lipinski definition) is 4. The molecule has 1 aromatic heterocycles. The molecule has 10 heteroatoms. The molecule has 0 saturated heterocycles. The second-order valence-electron chi connectivity index (χ2n) is 6.43. The molecule has 0 saturated carbocycles. The van der Waals surface area contributed by atoms with Crippen LogP contribution in [-0.2, 0) is 10.0 Å². The van der Waals surface area contributed by atoms with Crippen LogP contribution in [0.4, 0.5) is 11.4 Å². The van der Waals surface area contributed by atoms with Crippen LogP contribution in [0.3, 0.4) is 0 Å². The van der Waals surface area contributed by atoms with Gasteiger partial charge in [0.25, 0.3) is 15.9 Å². The second-order valence-corrected chi connectivity index (χ2v) is 9.03. The van der Waals surface area contributed by atoms with Gasteiger partial charge in [-0.25, -0.2) is 13.2 Å². The number of aromatic nitrogens is 2. The minimum Gasteiger partial charge on any atom is -0.322 e. The van der Waals surface area contributed by atoms with E-state index in [2.05, 4.69) is 35.9 Å². The highest BCUT2D eigenvalue weighted by Crippen LogP contribution is 2.20.